The molecule has 0 spiro atoms. The summed E-state index contributed by atoms with van der Waals surface area (Å²) < 4.78 is 10.4. The van der Waals surface area contributed by atoms with Crippen LogP contribution in [0.15, 0.2) is 36.4 Å². The van der Waals surface area contributed by atoms with Crippen molar-refractivity contribution in [3.8, 4) is 5.75 Å². The number of hydrogen-bond donors (Lipinski definition) is 2. The van der Waals surface area contributed by atoms with E-state index in [9.17, 15) is 4.79 Å². The fourth-order valence-electron chi connectivity index (χ4n) is 1.97. The van der Waals surface area contributed by atoms with E-state index in [-0.39, 0.29) is 6.03 Å². The van der Waals surface area contributed by atoms with Crippen molar-refractivity contribution in [1.29, 1.82) is 0 Å². The van der Waals surface area contributed by atoms with Crippen LogP contribution in [0.5, 0.6) is 5.75 Å². The number of amides is 2. The number of nitrogens with one attached hydrogen (secondary N) is 2. The number of ether oxygens (including phenoxy) is 2. The van der Waals surface area contributed by atoms with Gasteiger partial charge in [-0.2, -0.15) is 0 Å². The smallest absolute Gasteiger partial charge is 0.319 e. The Bertz CT molecular complexity index is 695. The Balaban J connectivity index is 1.86. The molecule has 0 saturated heterocycles. The van der Waals surface area contributed by atoms with Crippen LogP contribution in [0.2, 0.25) is 5.02 Å². The summed E-state index contributed by atoms with van der Waals surface area (Å²) in [7, 11) is 1.60. The van der Waals surface area contributed by atoms with E-state index in [0.717, 1.165) is 11.4 Å². The van der Waals surface area contributed by atoms with Gasteiger partial charge in [-0.25, -0.2) is 4.79 Å². The van der Waals surface area contributed by atoms with Gasteiger partial charge in [0.15, 0.2) is 0 Å². The molecular formula is C17H20ClN3O3. The standard InChI is InChI=1S/C17H20ClN3O3/c1-12-4-3-5-14(20-12)11-19-17(22)21-13-6-7-16(15(18)10-13)24-9-8-23-2/h3-7,10H,8-9,11H2,1-2H3,(H2,19,21,22). The lowest BCUT2D eigenvalue weighted by Gasteiger charge is -2.11. The van der Waals surface area contributed by atoms with Crippen molar-refractivity contribution < 1.29 is 14.3 Å². The van der Waals surface area contributed by atoms with Gasteiger partial charge in [0.1, 0.15) is 12.4 Å². The number of pyridine rings is 1. The third-order valence-corrected chi connectivity index (χ3v) is 3.41. The highest BCUT2D eigenvalue weighted by atomic mass is 35.5. The van der Waals surface area contributed by atoms with Crippen LogP contribution in [0.25, 0.3) is 0 Å². The van der Waals surface area contributed by atoms with E-state index in [1.807, 2.05) is 25.1 Å². The van der Waals surface area contributed by atoms with E-state index >= 15 is 0 Å². The summed E-state index contributed by atoms with van der Waals surface area (Å²) in [5, 5.41) is 5.89. The molecule has 0 aliphatic heterocycles. The topological polar surface area (TPSA) is 72.5 Å². The van der Waals surface area contributed by atoms with Crippen molar-refractivity contribution in [1.82, 2.24) is 10.3 Å². The second-order valence-corrected chi connectivity index (χ2v) is 5.47. The summed E-state index contributed by atoms with van der Waals surface area (Å²) in [6, 6.07) is 10.4. The Kier molecular flexibility index (Phi) is 6.84. The first kappa shape index (κ1) is 18.0. The summed E-state index contributed by atoms with van der Waals surface area (Å²) in [5.41, 5.74) is 2.28. The Morgan fingerprint density at radius 2 is 2.08 bits per heavy atom. The molecule has 24 heavy (non-hydrogen) atoms. The molecule has 128 valence electrons. The second-order valence-electron chi connectivity index (χ2n) is 5.06. The molecule has 0 unspecified atom stereocenters. The molecule has 1 aromatic carbocycles. The second kappa shape index (κ2) is 9.10. The molecule has 0 saturated carbocycles. The number of anilines is 1. The van der Waals surface area contributed by atoms with Gasteiger partial charge in [0.05, 0.1) is 23.9 Å². The lowest BCUT2D eigenvalue weighted by molar-refractivity contribution is 0.146. The first-order chi connectivity index (χ1) is 11.6. The summed E-state index contributed by atoms with van der Waals surface area (Å²) in [5.74, 6) is 0.545. The molecule has 0 aliphatic rings. The van der Waals surface area contributed by atoms with Crippen LogP contribution in [-0.4, -0.2) is 31.3 Å². The molecule has 1 aromatic heterocycles. The van der Waals surface area contributed by atoms with E-state index in [1.165, 1.54) is 0 Å². The van der Waals surface area contributed by atoms with Crippen molar-refractivity contribution in [2.45, 2.75) is 13.5 Å². The van der Waals surface area contributed by atoms with Gasteiger partial charge in [0.25, 0.3) is 0 Å². The first-order valence-electron chi connectivity index (χ1n) is 7.47. The van der Waals surface area contributed by atoms with E-state index < -0.39 is 0 Å². The van der Waals surface area contributed by atoms with Gasteiger partial charge in [-0.15, -0.1) is 0 Å². The third kappa shape index (κ3) is 5.72. The van der Waals surface area contributed by atoms with E-state index in [1.54, 1.807) is 25.3 Å². The Morgan fingerprint density at radius 3 is 2.79 bits per heavy atom. The Labute approximate surface area is 146 Å². The summed E-state index contributed by atoms with van der Waals surface area (Å²) in [4.78, 5) is 16.3. The average molecular weight is 350 g/mol. The van der Waals surface area contributed by atoms with Gasteiger partial charge >= 0.3 is 6.03 Å². The molecule has 2 N–H and O–H groups in total. The SMILES string of the molecule is COCCOc1ccc(NC(=O)NCc2cccc(C)n2)cc1Cl. The lowest BCUT2D eigenvalue weighted by Crippen LogP contribution is -2.28. The minimum absolute atomic E-state index is 0.331. The van der Waals surface area contributed by atoms with Crippen molar-refractivity contribution in [2.75, 3.05) is 25.6 Å². The monoisotopic (exact) mass is 349 g/mol. The predicted molar refractivity (Wildman–Crippen MR) is 93.7 cm³/mol. The number of aromatic nitrogens is 1. The molecule has 7 heteroatoms. The maximum atomic E-state index is 11.9. The van der Waals surface area contributed by atoms with Crippen molar-refractivity contribution in [3.05, 3.63) is 52.8 Å². The highest BCUT2D eigenvalue weighted by molar-refractivity contribution is 6.32. The molecule has 2 amide bonds. The minimum atomic E-state index is -0.331. The van der Waals surface area contributed by atoms with Crippen molar-refractivity contribution >= 4 is 23.3 Å². The van der Waals surface area contributed by atoms with Crippen LogP contribution in [0.1, 0.15) is 11.4 Å². The fourth-order valence-corrected chi connectivity index (χ4v) is 2.21. The van der Waals surface area contributed by atoms with Crippen LogP contribution < -0.4 is 15.4 Å². The summed E-state index contributed by atoms with van der Waals surface area (Å²) in [6.07, 6.45) is 0. The number of methoxy groups -OCH3 is 1. The number of hydrogen-bond acceptors (Lipinski definition) is 4. The number of rotatable bonds is 7. The molecule has 0 aliphatic carbocycles. The zero-order valence-electron chi connectivity index (χ0n) is 13.6. The Hall–Kier alpha value is -2.31. The van der Waals surface area contributed by atoms with Gasteiger partial charge in [0, 0.05) is 18.5 Å². The van der Waals surface area contributed by atoms with Crippen molar-refractivity contribution in [2.24, 2.45) is 0 Å². The minimum Gasteiger partial charge on any atom is -0.490 e. The molecule has 1 heterocycles. The van der Waals surface area contributed by atoms with Crippen LogP contribution in [0.3, 0.4) is 0 Å². The highest BCUT2D eigenvalue weighted by Crippen LogP contribution is 2.27. The van der Waals surface area contributed by atoms with Crippen LogP contribution in [0, 0.1) is 6.92 Å². The molecule has 0 atom stereocenters. The zero-order chi connectivity index (χ0) is 17.4. The first-order valence-corrected chi connectivity index (χ1v) is 7.85. The maximum Gasteiger partial charge on any atom is 0.319 e. The van der Waals surface area contributed by atoms with Crippen LogP contribution >= 0.6 is 11.6 Å². The van der Waals surface area contributed by atoms with Crippen LogP contribution in [0.4, 0.5) is 10.5 Å². The van der Waals surface area contributed by atoms with E-state index in [0.29, 0.717) is 36.2 Å². The average Bonchev–Trinajstić information content (AvgIpc) is 2.55. The number of nitrogens with zero attached hydrogens (tertiary/aromatic N) is 1. The number of benzene rings is 1. The number of carbonyl (C=O) groups is 1. The summed E-state index contributed by atoms with van der Waals surface area (Å²) >= 11 is 6.13. The Morgan fingerprint density at radius 1 is 1.25 bits per heavy atom. The number of halogens is 1. The van der Waals surface area contributed by atoms with Gasteiger partial charge < -0.3 is 20.1 Å². The normalized spacial score (nSPS) is 10.3. The molecule has 0 radical (unpaired) electrons. The van der Waals surface area contributed by atoms with E-state index in [4.69, 9.17) is 21.1 Å². The lowest BCUT2D eigenvalue weighted by atomic mass is 10.3. The number of urea groups is 1. The molecule has 6 nitrogen and oxygen atoms in total. The van der Waals surface area contributed by atoms with Gasteiger partial charge in [-0.05, 0) is 37.3 Å². The van der Waals surface area contributed by atoms with E-state index in [2.05, 4.69) is 15.6 Å². The van der Waals surface area contributed by atoms with Crippen molar-refractivity contribution in [3.63, 3.8) is 0 Å². The van der Waals surface area contributed by atoms with Gasteiger partial charge in [-0.1, -0.05) is 17.7 Å². The number of aryl methyl sites for hydroxylation is 1. The molecule has 0 bridgehead atoms. The van der Waals surface area contributed by atoms with Gasteiger partial charge in [0.2, 0.25) is 0 Å². The highest BCUT2D eigenvalue weighted by Gasteiger charge is 2.06. The molecule has 2 rings (SSSR count). The maximum absolute atomic E-state index is 11.9. The summed E-state index contributed by atoms with van der Waals surface area (Å²) in [6.45, 7) is 3.14. The largest absolute Gasteiger partial charge is 0.490 e. The molecular weight excluding hydrogens is 330 g/mol. The zero-order valence-corrected chi connectivity index (χ0v) is 14.4. The fraction of sp³-hybridized carbons (Fsp3) is 0.294. The molecule has 2 aromatic rings. The van der Waals surface area contributed by atoms with Crippen LogP contribution in [-0.2, 0) is 11.3 Å². The van der Waals surface area contributed by atoms with Gasteiger partial charge in [-0.3, -0.25) is 4.98 Å². The predicted octanol–water partition coefficient (Wildman–Crippen LogP) is 3.39. The quantitative estimate of drug-likeness (QED) is 0.751. The number of carbonyl (C=O) groups excluding carboxylic acids is 1. The molecule has 0 fully saturated rings. The third-order valence-electron chi connectivity index (χ3n) is 3.11.